The van der Waals surface area contributed by atoms with Gasteiger partial charge in [0.1, 0.15) is 22.0 Å². The Labute approximate surface area is 286 Å². The van der Waals surface area contributed by atoms with Crippen molar-refractivity contribution in [3.05, 3.63) is 91.5 Å². The van der Waals surface area contributed by atoms with Gasteiger partial charge in [0.2, 0.25) is 0 Å². The number of hydrogen-bond donors (Lipinski definition) is 2. The number of anilines is 3. The molecule has 1 unspecified atom stereocenters. The minimum Gasteiger partial charge on any atom is -0.392 e. The number of pyridine rings is 2. The third-order valence-corrected chi connectivity index (χ3v) is 11.4. The van der Waals surface area contributed by atoms with Crippen LogP contribution in [0.1, 0.15) is 29.9 Å². The highest BCUT2D eigenvalue weighted by Gasteiger charge is 2.32. The largest absolute Gasteiger partial charge is 0.392 e. The number of aromatic nitrogens is 4. The molecule has 0 radical (unpaired) electrons. The Morgan fingerprint density at radius 3 is 2.63 bits per heavy atom. The van der Waals surface area contributed by atoms with Crippen LogP contribution in [0.2, 0.25) is 0 Å². The molecule has 0 saturated carbocycles. The molecule has 2 N–H and O–H groups in total. The van der Waals surface area contributed by atoms with Gasteiger partial charge in [0.05, 0.1) is 49.6 Å². The number of aliphatic hydroxyl groups excluding tert-OH is 1. The standard InChI is InChI=1S/C36H38FN7O4S/c1-20-8-27-28-14-39-44(36(47)34(28)49-32(27)9-20)31-12-23(37)11-26(29(31)17-45)22-10-30(35(46)41(3)16-22)40-33-5-4-24(13-38-33)43-7-6-42(15-21(43)2)25-18-48-19-25/h4-5,10-14,16,20-21,25,45H,6-9,15,17-19H2,1-3H3,(H,38,40)/t20?,21-/m0/s1. The minimum absolute atomic E-state index is 0.156. The van der Waals surface area contributed by atoms with Gasteiger partial charge in [0.25, 0.3) is 11.1 Å². The van der Waals surface area contributed by atoms with Gasteiger partial charge in [-0.15, -0.1) is 11.3 Å². The Bertz CT molecular complexity index is 2190. The molecule has 4 aromatic heterocycles. The average molecular weight is 684 g/mol. The number of ether oxygens (including phenoxy) is 1. The molecule has 11 nitrogen and oxygen atoms in total. The molecule has 49 heavy (non-hydrogen) atoms. The second-order valence-corrected chi connectivity index (χ2v) is 14.6. The van der Waals surface area contributed by atoms with Crippen molar-refractivity contribution in [3.8, 4) is 16.8 Å². The molecule has 3 aliphatic rings. The number of nitrogens with one attached hydrogen (secondary N) is 1. The van der Waals surface area contributed by atoms with Crippen molar-refractivity contribution >= 4 is 38.6 Å². The van der Waals surface area contributed by atoms with E-state index in [1.807, 2.05) is 18.3 Å². The first-order chi connectivity index (χ1) is 23.7. The Hall–Kier alpha value is -4.43. The SMILES string of the molecule is CC1Cc2sc3c(=O)n(-c4cc(F)cc(-c5cc(Nc6ccc(N7CCN(C8COC8)C[C@@H]7C)cn6)c(=O)n(C)c5)c4CO)ncc3c2C1. The summed E-state index contributed by atoms with van der Waals surface area (Å²) in [6.45, 7) is 8.35. The van der Waals surface area contributed by atoms with Gasteiger partial charge in [-0.2, -0.15) is 9.78 Å². The predicted molar refractivity (Wildman–Crippen MR) is 189 cm³/mol. The van der Waals surface area contributed by atoms with E-state index in [-0.39, 0.29) is 22.5 Å². The highest BCUT2D eigenvalue weighted by Crippen LogP contribution is 2.38. The summed E-state index contributed by atoms with van der Waals surface area (Å²) in [6.07, 6.45) is 6.90. The fourth-order valence-electron chi connectivity index (χ4n) is 7.47. The van der Waals surface area contributed by atoms with Gasteiger partial charge in [-0.25, -0.2) is 9.37 Å². The smallest absolute Gasteiger partial charge is 0.289 e. The molecular weight excluding hydrogens is 646 g/mol. The lowest BCUT2D eigenvalue weighted by atomic mass is 9.99. The van der Waals surface area contributed by atoms with Crippen LogP contribution in [0.3, 0.4) is 0 Å². The van der Waals surface area contributed by atoms with E-state index >= 15 is 4.39 Å². The minimum atomic E-state index is -0.602. The number of halogens is 1. The zero-order valence-electron chi connectivity index (χ0n) is 27.6. The van der Waals surface area contributed by atoms with E-state index in [0.29, 0.717) is 45.2 Å². The van der Waals surface area contributed by atoms with Crippen LogP contribution in [0.25, 0.3) is 26.9 Å². The Balaban J connectivity index is 1.09. The maximum Gasteiger partial charge on any atom is 0.289 e. The summed E-state index contributed by atoms with van der Waals surface area (Å²) in [5, 5.41) is 19.1. The summed E-state index contributed by atoms with van der Waals surface area (Å²) in [5.74, 6) is 0.411. The van der Waals surface area contributed by atoms with Gasteiger partial charge in [0.15, 0.2) is 0 Å². The molecule has 1 aliphatic carbocycles. The first-order valence-electron chi connectivity index (χ1n) is 16.7. The van der Waals surface area contributed by atoms with Crippen molar-refractivity contribution in [2.75, 3.05) is 43.1 Å². The first-order valence-corrected chi connectivity index (χ1v) is 17.5. The van der Waals surface area contributed by atoms with Gasteiger partial charge < -0.3 is 24.6 Å². The van der Waals surface area contributed by atoms with Gasteiger partial charge in [-0.3, -0.25) is 14.5 Å². The molecule has 5 aromatic rings. The molecule has 2 fully saturated rings. The molecule has 1 aromatic carbocycles. The molecule has 0 spiro atoms. The number of aliphatic hydroxyl groups is 1. The number of nitrogens with zero attached hydrogens (tertiary/aromatic N) is 6. The van der Waals surface area contributed by atoms with Gasteiger partial charge in [-0.05, 0) is 61.1 Å². The van der Waals surface area contributed by atoms with Crippen LogP contribution in [0.15, 0.2) is 58.5 Å². The fourth-order valence-corrected chi connectivity index (χ4v) is 8.86. The lowest BCUT2D eigenvalue weighted by Crippen LogP contribution is -2.59. The summed E-state index contributed by atoms with van der Waals surface area (Å²) < 4.78 is 23.9. The molecule has 2 atom stereocenters. The number of rotatable bonds is 7. The predicted octanol–water partition coefficient (Wildman–Crippen LogP) is 4.23. The van der Waals surface area contributed by atoms with Crippen LogP contribution in [0, 0.1) is 11.7 Å². The number of hydrogen-bond acceptors (Lipinski definition) is 10. The number of fused-ring (bicyclic) bond motifs is 3. The van der Waals surface area contributed by atoms with Crippen LogP contribution in [-0.4, -0.2) is 74.3 Å². The summed E-state index contributed by atoms with van der Waals surface area (Å²) in [5.41, 5.74) is 3.06. The van der Waals surface area contributed by atoms with Crippen molar-refractivity contribution in [2.45, 2.75) is 45.4 Å². The lowest BCUT2D eigenvalue weighted by molar-refractivity contribution is -0.0691. The third kappa shape index (κ3) is 5.64. The number of aryl methyl sites for hydroxylation is 1. The van der Waals surface area contributed by atoms with Gasteiger partial charge in [0, 0.05) is 66.4 Å². The van der Waals surface area contributed by atoms with Crippen molar-refractivity contribution in [1.82, 2.24) is 24.2 Å². The summed E-state index contributed by atoms with van der Waals surface area (Å²) >= 11 is 1.47. The van der Waals surface area contributed by atoms with E-state index in [1.54, 1.807) is 25.5 Å². The molecular formula is C36H38FN7O4S. The van der Waals surface area contributed by atoms with Crippen LogP contribution >= 0.6 is 11.3 Å². The van der Waals surface area contributed by atoms with Crippen molar-refractivity contribution < 1.29 is 14.2 Å². The molecule has 2 aliphatic heterocycles. The summed E-state index contributed by atoms with van der Waals surface area (Å²) in [7, 11) is 1.61. The van der Waals surface area contributed by atoms with E-state index in [4.69, 9.17) is 4.74 Å². The highest BCUT2D eigenvalue weighted by molar-refractivity contribution is 7.19. The maximum absolute atomic E-state index is 15.3. The van der Waals surface area contributed by atoms with E-state index in [0.717, 1.165) is 56.8 Å². The second-order valence-electron chi connectivity index (χ2n) is 13.5. The van der Waals surface area contributed by atoms with E-state index in [1.165, 1.54) is 43.2 Å². The van der Waals surface area contributed by atoms with Crippen molar-refractivity contribution in [2.24, 2.45) is 13.0 Å². The third-order valence-electron chi connectivity index (χ3n) is 10.1. The number of benzene rings is 1. The summed E-state index contributed by atoms with van der Waals surface area (Å²) in [6, 6.07) is 8.80. The summed E-state index contributed by atoms with van der Waals surface area (Å²) in [4.78, 5) is 37.6. The first kappa shape index (κ1) is 31.8. The fraction of sp³-hybridized carbons (Fsp3) is 0.389. The average Bonchev–Trinajstić information content (AvgIpc) is 3.59. The van der Waals surface area contributed by atoms with E-state index < -0.39 is 12.4 Å². The number of thiophene rings is 1. The molecule has 0 amide bonds. The van der Waals surface area contributed by atoms with Crippen LogP contribution < -0.4 is 21.3 Å². The number of piperazine rings is 1. The normalized spacial score (nSPS) is 19.7. The van der Waals surface area contributed by atoms with Gasteiger partial charge in [-0.1, -0.05) is 6.92 Å². The van der Waals surface area contributed by atoms with Crippen LogP contribution in [-0.2, 0) is 31.2 Å². The zero-order chi connectivity index (χ0) is 34.0. The molecule has 254 valence electrons. The van der Waals surface area contributed by atoms with E-state index in [2.05, 4.69) is 39.0 Å². The molecule has 2 saturated heterocycles. The lowest BCUT2D eigenvalue weighted by Gasteiger charge is -2.46. The van der Waals surface area contributed by atoms with Crippen LogP contribution in [0.5, 0.6) is 0 Å². The zero-order valence-corrected chi connectivity index (χ0v) is 28.5. The second kappa shape index (κ2) is 12.5. The quantitative estimate of drug-likeness (QED) is 0.260. The topological polar surface area (TPSA) is 118 Å². The van der Waals surface area contributed by atoms with E-state index in [9.17, 15) is 14.7 Å². The molecule has 6 heterocycles. The molecule has 13 heteroatoms. The molecule has 0 bridgehead atoms. The van der Waals surface area contributed by atoms with Crippen molar-refractivity contribution in [1.29, 1.82) is 0 Å². The Morgan fingerprint density at radius 1 is 1.08 bits per heavy atom. The van der Waals surface area contributed by atoms with Crippen LogP contribution in [0.4, 0.5) is 21.6 Å². The monoisotopic (exact) mass is 683 g/mol. The molecule has 8 rings (SSSR count). The maximum atomic E-state index is 15.3. The Kier molecular flexibility index (Phi) is 8.10. The highest BCUT2D eigenvalue weighted by atomic mass is 32.1. The van der Waals surface area contributed by atoms with Gasteiger partial charge >= 0.3 is 0 Å². The Morgan fingerprint density at radius 2 is 1.92 bits per heavy atom. The van der Waals surface area contributed by atoms with Crippen molar-refractivity contribution in [3.63, 3.8) is 0 Å².